The average Bonchev–Trinajstić information content (AvgIpc) is 3.28. The van der Waals surface area contributed by atoms with E-state index in [9.17, 15) is 8.42 Å². The Morgan fingerprint density at radius 1 is 1.28 bits per heavy atom. The summed E-state index contributed by atoms with van der Waals surface area (Å²) in [6, 6.07) is 9.18. The molecule has 1 fully saturated rings. The van der Waals surface area contributed by atoms with Crippen molar-refractivity contribution >= 4 is 40.0 Å². The Morgan fingerprint density at radius 2 is 2.12 bits per heavy atom. The van der Waals surface area contributed by atoms with E-state index in [2.05, 4.69) is 25.3 Å². The number of aliphatic imine (C=N–C) groups is 1. The van der Waals surface area contributed by atoms with Crippen LogP contribution in [0.25, 0.3) is 0 Å². The molecule has 1 unspecified atom stereocenters. The minimum absolute atomic E-state index is 0. The third-order valence-corrected chi connectivity index (χ3v) is 6.17. The Morgan fingerprint density at radius 3 is 2.81 bits per heavy atom. The minimum atomic E-state index is -3.58. The Balaban J connectivity index is 0.00000363. The van der Waals surface area contributed by atoms with Crippen LogP contribution in [0.1, 0.15) is 17.5 Å². The lowest BCUT2D eigenvalue weighted by Gasteiger charge is -2.18. The van der Waals surface area contributed by atoms with E-state index in [0.717, 1.165) is 29.9 Å². The minimum Gasteiger partial charge on any atom is -0.488 e. The number of aryl methyl sites for hydroxylation is 1. The van der Waals surface area contributed by atoms with Crippen molar-refractivity contribution in [3.63, 3.8) is 0 Å². The number of pyridine rings is 1. The topological polar surface area (TPSA) is 114 Å². The Bertz CT molecular complexity index is 983. The highest BCUT2D eigenvalue weighted by molar-refractivity contribution is 14.0. The van der Waals surface area contributed by atoms with Gasteiger partial charge in [0.1, 0.15) is 16.7 Å². The molecule has 0 aliphatic carbocycles. The molecule has 0 radical (unpaired) electrons. The lowest BCUT2D eigenvalue weighted by Crippen LogP contribution is -2.41. The van der Waals surface area contributed by atoms with E-state index in [1.807, 2.05) is 25.1 Å². The van der Waals surface area contributed by atoms with E-state index >= 15 is 0 Å². The molecule has 1 aromatic carbocycles. The molecule has 176 valence electrons. The predicted molar refractivity (Wildman–Crippen MR) is 134 cm³/mol. The summed E-state index contributed by atoms with van der Waals surface area (Å²) in [6.45, 7) is 4.46. The number of guanidine groups is 1. The van der Waals surface area contributed by atoms with Gasteiger partial charge in [-0.05, 0) is 30.7 Å². The van der Waals surface area contributed by atoms with Crippen LogP contribution in [0.3, 0.4) is 0 Å². The number of hydrogen-bond acceptors (Lipinski definition) is 6. The fourth-order valence-electron chi connectivity index (χ4n) is 3.06. The number of sulfonamides is 1. The van der Waals surface area contributed by atoms with Gasteiger partial charge in [0.05, 0.1) is 13.2 Å². The van der Waals surface area contributed by atoms with Gasteiger partial charge in [0.2, 0.25) is 10.0 Å². The predicted octanol–water partition coefficient (Wildman–Crippen LogP) is 1.82. The third kappa shape index (κ3) is 7.87. The van der Waals surface area contributed by atoms with E-state index in [0.29, 0.717) is 25.7 Å². The van der Waals surface area contributed by atoms with Crippen LogP contribution in [-0.2, 0) is 21.3 Å². The van der Waals surface area contributed by atoms with Crippen molar-refractivity contribution in [2.24, 2.45) is 4.99 Å². The Kier molecular flexibility index (Phi) is 10.6. The van der Waals surface area contributed by atoms with Gasteiger partial charge in [-0.1, -0.05) is 12.1 Å². The Labute approximate surface area is 206 Å². The number of benzene rings is 1. The molecule has 1 atom stereocenters. The van der Waals surface area contributed by atoms with Crippen molar-refractivity contribution in [3.05, 3.63) is 53.9 Å². The number of nitrogens with zero attached hydrogens (tertiary/aromatic N) is 2. The molecule has 9 nitrogen and oxygen atoms in total. The number of rotatable bonds is 9. The van der Waals surface area contributed by atoms with Crippen molar-refractivity contribution in [2.45, 2.75) is 30.9 Å². The van der Waals surface area contributed by atoms with Gasteiger partial charge in [0, 0.05) is 51.1 Å². The molecule has 32 heavy (non-hydrogen) atoms. The molecule has 1 aromatic heterocycles. The van der Waals surface area contributed by atoms with Gasteiger partial charge < -0.3 is 20.1 Å². The first kappa shape index (κ1) is 26.3. The molecule has 0 bridgehead atoms. The third-order valence-electron chi connectivity index (χ3n) is 4.73. The summed E-state index contributed by atoms with van der Waals surface area (Å²) >= 11 is 0. The van der Waals surface area contributed by atoms with Crippen molar-refractivity contribution in [2.75, 3.05) is 33.4 Å². The molecule has 0 spiro atoms. The van der Waals surface area contributed by atoms with Crippen LogP contribution in [0.15, 0.2) is 52.6 Å². The number of hydrogen-bond donors (Lipinski definition) is 3. The molecule has 2 aromatic rings. The number of nitrogens with one attached hydrogen (secondary N) is 3. The van der Waals surface area contributed by atoms with Crippen LogP contribution >= 0.6 is 24.0 Å². The van der Waals surface area contributed by atoms with E-state index in [-0.39, 0.29) is 41.5 Å². The zero-order chi connectivity index (χ0) is 22.1. The van der Waals surface area contributed by atoms with E-state index in [1.54, 1.807) is 13.1 Å². The molecule has 1 aliphatic rings. The summed E-state index contributed by atoms with van der Waals surface area (Å²) in [5.74, 6) is 1.40. The Hall–Kier alpha value is -1.96. The lowest BCUT2D eigenvalue weighted by atomic mass is 10.1. The van der Waals surface area contributed by atoms with Crippen molar-refractivity contribution < 1.29 is 17.9 Å². The standard InChI is InChI=1S/C21H29N5O4S.HI/c1-16-5-6-17(20(12-16)30-18-7-11-29-15-18)13-25-21(22-2)24-9-10-26-31(27,28)19-4-3-8-23-14-19;/h3-6,8,12,14,18,26H,7,9-11,13,15H2,1-2H3,(H2,22,24,25);1H. The lowest BCUT2D eigenvalue weighted by molar-refractivity contribution is 0.140. The number of ether oxygens (including phenoxy) is 2. The van der Waals surface area contributed by atoms with Crippen molar-refractivity contribution in [3.8, 4) is 5.75 Å². The van der Waals surface area contributed by atoms with Crippen LogP contribution in [0.4, 0.5) is 0 Å². The van der Waals surface area contributed by atoms with Crippen LogP contribution < -0.4 is 20.1 Å². The summed E-state index contributed by atoms with van der Waals surface area (Å²) in [5, 5.41) is 6.34. The molecule has 3 rings (SSSR count). The smallest absolute Gasteiger partial charge is 0.242 e. The van der Waals surface area contributed by atoms with Gasteiger partial charge in [-0.2, -0.15) is 0 Å². The largest absolute Gasteiger partial charge is 0.488 e. The molecular formula is C21H30IN5O4S. The maximum atomic E-state index is 12.2. The van der Waals surface area contributed by atoms with Crippen LogP contribution in [0, 0.1) is 6.92 Å². The fraction of sp³-hybridized carbons (Fsp3) is 0.429. The summed E-state index contributed by atoms with van der Waals surface area (Å²) in [4.78, 5) is 8.17. The van der Waals surface area contributed by atoms with E-state index < -0.39 is 10.0 Å². The highest BCUT2D eigenvalue weighted by Gasteiger charge is 2.19. The number of aromatic nitrogens is 1. The van der Waals surface area contributed by atoms with Crippen LogP contribution in [-0.4, -0.2) is 58.8 Å². The zero-order valence-electron chi connectivity index (χ0n) is 18.2. The zero-order valence-corrected chi connectivity index (χ0v) is 21.4. The second-order valence-corrected chi connectivity index (χ2v) is 8.92. The van der Waals surface area contributed by atoms with Gasteiger partial charge in [-0.15, -0.1) is 24.0 Å². The highest BCUT2D eigenvalue weighted by Crippen LogP contribution is 2.23. The second-order valence-electron chi connectivity index (χ2n) is 7.15. The molecule has 1 saturated heterocycles. The highest BCUT2D eigenvalue weighted by atomic mass is 127. The van der Waals surface area contributed by atoms with E-state index in [1.165, 1.54) is 18.5 Å². The summed E-state index contributed by atoms with van der Waals surface area (Å²) in [7, 11) is -1.92. The van der Waals surface area contributed by atoms with Gasteiger partial charge in [0.25, 0.3) is 0 Å². The molecule has 3 N–H and O–H groups in total. The summed E-state index contributed by atoms with van der Waals surface area (Å²) in [6.07, 6.45) is 3.81. The van der Waals surface area contributed by atoms with Gasteiger partial charge >= 0.3 is 0 Å². The maximum absolute atomic E-state index is 12.2. The molecular weight excluding hydrogens is 545 g/mol. The number of halogens is 1. The van der Waals surface area contributed by atoms with E-state index in [4.69, 9.17) is 9.47 Å². The summed E-state index contributed by atoms with van der Waals surface area (Å²) in [5.41, 5.74) is 2.14. The van der Waals surface area contributed by atoms with Crippen LogP contribution in [0.5, 0.6) is 5.75 Å². The average molecular weight is 575 g/mol. The first-order valence-electron chi connectivity index (χ1n) is 10.2. The SMILES string of the molecule is CN=C(NCCNS(=O)(=O)c1cccnc1)NCc1ccc(C)cc1OC1CCOC1.I. The van der Waals surface area contributed by atoms with Gasteiger partial charge in [0.15, 0.2) is 5.96 Å². The molecule has 0 amide bonds. The second kappa shape index (κ2) is 12.9. The normalized spacial score (nSPS) is 16.3. The maximum Gasteiger partial charge on any atom is 0.242 e. The summed E-state index contributed by atoms with van der Waals surface area (Å²) < 4.78 is 38.5. The quantitative estimate of drug-likeness (QED) is 0.181. The van der Waals surface area contributed by atoms with Gasteiger partial charge in [-0.3, -0.25) is 9.98 Å². The molecule has 0 saturated carbocycles. The van der Waals surface area contributed by atoms with Crippen LogP contribution in [0.2, 0.25) is 0 Å². The fourth-order valence-corrected chi connectivity index (χ4v) is 4.05. The van der Waals surface area contributed by atoms with Crippen molar-refractivity contribution in [1.82, 2.24) is 20.3 Å². The van der Waals surface area contributed by atoms with Crippen molar-refractivity contribution in [1.29, 1.82) is 0 Å². The first-order chi connectivity index (χ1) is 15.0. The molecule has 2 heterocycles. The molecule has 1 aliphatic heterocycles. The molecule has 11 heteroatoms. The van der Waals surface area contributed by atoms with Gasteiger partial charge in [-0.25, -0.2) is 13.1 Å². The monoisotopic (exact) mass is 575 g/mol. The first-order valence-corrected chi connectivity index (χ1v) is 11.6.